The van der Waals surface area contributed by atoms with Crippen molar-refractivity contribution in [3.05, 3.63) is 105 Å². The minimum atomic E-state index is -0.293. The minimum absolute atomic E-state index is 0.251. The monoisotopic (exact) mass is 461 g/mol. The Morgan fingerprint density at radius 2 is 1.84 bits per heavy atom. The van der Waals surface area contributed by atoms with Gasteiger partial charge in [-0.3, -0.25) is 4.90 Å². The number of carbonyl (C=O) groups excluding carboxylic acids is 1. The predicted octanol–water partition coefficient (Wildman–Crippen LogP) is 6.88. The third kappa shape index (κ3) is 3.73. The topological polar surface area (TPSA) is 29.5 Å². The maximum absolute atomic E-state index is 12.4. The fourth-order valence-corrected chi connectivity index (χ4v) is 6.40. The smallest absolute Gasteiger partial charge is 0.338 e. The van der Waals surface area contributed by atoms with Crippen molar-refractivity contribution in [2.45, 2.75) is 32.0 Å². The van der Waals surface area contributed by atoms with Crippen LogP contribution in [0.5, 0.6) is 0 Å². The van der Waals surface area contributed by atoms with Crippen LogP contribution in [0.15, 0.2) is 72.8 Å². The summed E-state index contributed by atoms with van der Waals surface area (Å²) in [7, 11) is 1.43. The van der Waals surface area contributed by atoms with Crippen molar-refractivity contribution >= 4 is 39.0 Å². The summed E-state index contributed by atoms with van der Waals surface area (Å²) in [5, 5.41) is 1.99. The van der Waals surface area contributed by atoms with E-state index in [-0.39, 0.29) is 17.9 Å². The Balaban J connectivity index is 1.62. The Morgan fingerprint density at radius 1 is 1.09 bits per heavy atom. The fraction of sp³-hybridized carbons (Fsp3) is 0.222. The third-order valence-corrected chi connectivity index (χ3v) is 7.97. The second kappa shape index (κ2) is 8.70. The summed E-state index contributed by atoms with van der Waals surface area (Å²) < 4.78 is 6.30. The quantitative estimate of drug-likeness (QED) is 0.310. The molecule has 4 aromatic rings. The van der Waals surface area contributed by atoms with Gasteiger partial charge in [0.05, 0.1) is 12.7 Å². The standard InChI is InChI=1S/C27H24ClNO2S/c1-17-25(18-8-4-3-5-9-18)26-23(22-14-20(28)12-13-24(22)32-26)16-29(17)15-19-10-6-7-11-21(19)27(30)31-2/h3-14,17,25H,15-16H2,1-2H3. The number of carbonyl (C=O) groups is 1. The summed E-state index contributed by atoms with van der Waals surface area (Å²) in [6.45, 7) is 3.78. The van der Waals surface area contributed by atoms with E-state index in [1.165, 1.54) is 33.2 Å². The van der Waals surface area contributed by atoms with Gasteiger partial charge < -0.3 is 4.74 Å². The van der Waals surface area contributed by atoms with Crippen molar-refractivity contribution in [1.82, 2.24) is 4.90 Å². The number of rotatable bonds is 4. The molecule has 0 N–H and O–H groups in total. The summed E-state index contributed by atoms with van der Waals surface area (Å²) in [5.41, 5.74) is 4.27. The molecule has 3 aromatic carbocycles. The first-order chi connectivity index (χ1) is 15.6. The van der Waals surface area contributed by atoms with Gasteiger partial charge in [-0.1, -0.05) is 60.1 Å². The highest BCUT2D eigenvalue weighted by molar-refractivity contribution is 7.19. The number of methoxy groups -OCH3 is 1. The van der Waals surface area contributed by atoms with E-state index in [4.69, 9.17) is 16.3 Å². The number of thiophene rings is 1. The normalized spacial score (nSPS) is 18.5. The molecule has 5 rings (SSSR count). The Hall–Kier alpha value is -2.66. The highest BCUT2D eigenvalue weighted by Crippen LogP contribution is 2.46. The summed E-state index contributed by atoms with van der Waals surface area (Å²) >= 11 is 8.25. The molecular weight excluding hydrogens is 438 g/mol. The van der Waals surface area contributed by atoms with Crippen LogP contribution in [0, 0.1) is 0 Å². The van der Waals surface area contributed by atoms with Gasteiger partial charge in [0, 0.05) is 39.6 Å². The summed E-state index contributed by atoms with van der Waals surface area (Å²) in [5.74, 6) is -0.0419. The second-order valence-corrected chi connectivity index (χ2v) is 9.79. The summed E-state index contributed by atoms with van der Waals surface area (Å²) in [6.07, 6.45) is 0. The van der Waals surface area contributed by atoms with E-state index in [1.54, 1.807) is 0 Å². The van der Waals surface area contributed by atoms with Crippen LogP contribution in [0.25, 0.3) is 10.1 Å². The third-order valence-electron chi connectivity index (χ3n) is 6.44. The van der Waals surface area contributed by atoms with E-state index < -0.39 is 0 Å². The lowest BCUT2D eigenvalue weighted by Crippen LogP contribution is -2.41. The van der Waals surface area contributed by atoms with Crippen LogP contribution < -0.4 is 0 Å². The molecule has 0 spiro atoms. The Labute approximate surface area is 197 Å². The van der Waals surface area contributed by atoms with Crippen molar-refractivity contribution in [3.63, 3.8) is 0 Å². The lowest BCUT2D eigenvalue weighted by Gasteiger charge is -2.40. The molecule has 0 saturated carbocycles. The molecule has 0 bridgehead atoms. The Bertz CT molecular complexity index is 1280. The molecule has 5 heteroatoms. The molecule has 0 fully saturated rings. The molecular formula is C27H24ClNO2S. The number of nitrogens with zero attached hydrogens (tertiary/aromatic N) is 1. The predicted molar refractivity (Wildman–Crippen MR) is 132 cm³/mol. The van der Waals surface area contributed by atoms with Gasteiger partial charge in [-0.25, -0.2) is 4.79 Å². The van der Waals surface area contributed by atoms with Gasteiger partial charge in [0.25, 0.3) is 0 Å². The van der Waals surface area contributed by atoms with E-state index in [1.807, 2.05) is 41.7 Å². The average Bonchev–Trinajstić information content (AvgIpc) is 3.17. The average molecular weight is 462 g/mol. The SMILES string of the molecule is COC(=O)c1ccccc1CN1Cc2c(sc3ccc(Cl)cc23)C(c2ccccc2)C1C. The maximum Gasteiger partial charge on any atom is 0.338 e. The largest absolute Gasteiger partial charge is 0.465 e. The summed E-state index contributed by atoms with van der Waals surface area (Å²) in [4.78, 5) is 16.2. The molecule has 2 unspecified atom stereocenters. The molecule has 1 aliphatic heterocycles. The molecule has 1 aromatic heterocycles. The molecule has 1 aliphatic rings. The van der Waals surface area contributed by atoms with Crippen LogP contribution in [-0.2, 0) is 17.8 Å². The number of hydrogen-bond acceptors (Lipinski definition) is 4. The molecule has 3 nitrogen and oxygen atoms in total. The van der Waals surface area contributed by atoms with Crippen LogP contribution in [0.1, 0.15) is 44.8 Å². The van der Waals surface area contributed by atoms with E-state index in [0.717, 1.165) is 17.1 Å². The molecule has 0 saturated heterocycles. The molecule has 2 atom stereocenters. The first kappa shape index (κ1) is 21.2. The van der Waals surface area contributed by atoms with Crippen LogP contribution >= 0.6 is 22.9 Å². The lowest BCUT2D eigenvalue weighted by molar-refractivity contribution is 0.0597. The van der Waals surface area contributed by atoms with Gasteiger partial charge >= 0.3 is 5.97 Å². The molecule has 2 heterocycles. The Kier molecular flexibility index (Phi) is 5.76. The minimum Gasteiger partial charge on any atom is -0.465 e. The number of halogens is 1. The van der Waals surface area contributed by atoms with E-state index in [0.29, 0.717) is 12.1 Å². The van der Waals surface area contributed by atoms with Gasteiger partial charge in [0.2, 0.25) is 0 Å². The van der Waals surface area contributed by atoms with E-state index in [9.17, 15) is 4.79 Å². The number of esters is 1. The van der Waals surface area contributed by atoms with Crippen LogP contribution in [0.4, 0.5) is 0 Å². The fourth-order valence-electron chi connectivity index (χ4n) is 4.81. The number of fused-ring (bicyclic) bond motifs is 3. The van der Waals surface area contributed by atoms with Gasteiger partial charge in [-0.2, -0.15) is 0 Å². The van der Waals surface area contributed by atoms with Gasteiger partial charge in [-0.05, 0) is 53.3 Å². The first-order valence-electron chi connectivity index (χ1n) is 10.7. The van der Waals surface area contributed by atoms with Crippen LogP contribution in [0.3, 0.4) is 0 Å². The second-order valence-electron chi connectivity index (χ2n) is 8.27. The van der Waals surface area contributed by atoms with Crippen molar-refractivity contribution in [1.29, 1.82) is 0 Å². The Morgan fingerprint density at radius 3 is 2.62 bits per heavy atom. The van der Waals surface area contributed by atoms with E-state index in [2.05, 4.69) is 54.3 Å². The van der Waals surface area contributed by atoms with Crippen molar-refractivity contribution in [3.8, 4) is 0 Å². The van der Waals surface area contributed by atoms with E-state index >= 15 is 0 Å². The molecule has 0 amide bonds. The van der Waals surface area contributed by atoms with Crippen molar-refractivity contribution in [2.75, 3.05) is 7.11 Å². The molecule has 32 heavy (non-hydrogen) atoms. The number of benzene rings is 3. The molecule has 0 radical (unpaired) electrons. The molecule has 0 aliphatic carbocycles. The van der Waals surface area contributed by atoms with Crippen molar-refractivity contribution < 1.29 is 9.53 Å². The van der Waals surface area contributed by atoms with Crippen LogP contribution in [0.2, 0.25) is 5.02 Å². The lowest BCUT2D eigenvalue weighted by atomic mass is 9.84. The zero-order chi connectivity index (χ0) is 22.2. The van der Waals surface area contributed by atoms with Gasteiger partial charge in [0.15, 0.2) is 0 Å². The van der Waals surface area contributed by atoms with Gasteiger partial charge in [0.1, 0.15) is 0 Å². The highest BCUT2D eigenvalue weighted by Gasteiger charge is 2.36. The summed E-state index contributed by atoms with van der Waals surface area (Å²) in [6, 6.07) is 24.9. The highest BCUT2D eigenvalue weighted by atomic mass is 35.5. The molecule has 162 valence electrons. The maximum atomic E-state index is 12.4. The van der Waals surface area contributed by atoms with Crippen LogP contribution in [-0.4, -0.2) is 24.0 Å². The first-order valence-corrected chi connectivity index (χ1v) is 11.9. The van der Waals surface area contributed by atoms with Gasteiger partial charge in [-0.15, -0.1) is 11.3 Å². The van der Waals surface area contributed by atoms with Crippen molar-refractivity contribution in [2.24, 2.45) is 0 Å². The zero-order valence-corrected chi connectivity index (χ0v) is 19.6. The zero-order valence-electron chi connectivity index (χ0n) is 18.0. The number of ether oxygens (including phenoxy) is 1. The number of hydrogen-bond donors (Lipinski definition) is 0.